The molecule has 0 N–H and O–H groups in total. The molecule has 1 aliphatic carbocycles. The Morgan fingerprint density at radius 3 is 2.62 bits per heavy atom. The molecule has 6 heteroatoms. The van der Waals surface area contributed by atoms with Crippen molar-refractivity contribution in [3.63, 3.8) is 0 Å². The standard InChI is InChI=1S/C18H21N2OS3/c1-19-13-10-6-7-11-14(13)23-17(19)15-16(21)20(18(22-2)24-15)12-8-4-3-5-9-12/h6-7,10-12H,3-5,8-9H2,1-2H3/q+1/b17-15+. The van der Waals surface area contributed by atoms with E-state index < -0.39 is 0 Å². The van der Waals surface area contributed by atoms with E-state index in [1.807, 2.05) is 0 Å². The minimum atomic E-state index is 0.207. The molecule has 0 atom stereocenters. The fraction of sp³-hybridized carbons (Fsp3) is 0.444. The minimum Gasteiger partial charge on any atom is -0.337 e. The molecule has 1 fully saturated rings. The lowest BCUT2D eigenvalue weighted by atomic mass is 9.95. The number of carbonyl (C=O) groups excluding carboxylic acids is 1. The molecule has 3 nitrogen and oxygen atoms in total. The Hall–Kier alpha value is -0.850. The van der Waals surface area contributed by atoms with Crippen LogP contribution in [0.15, 0.2) is 39.1 Å². The molecule has 0 saturated heterocycles. The Labute approximate surface area is 155 Å². The van der Waals surface area contributed by atoms with Crippen molar-refractivity contribution in [3.05, 3.63) is 34.2 Å². The van der Waals surface area contributed by atoms with Gasteiger partial charge in [-0.3, -0.25) is 0 Å². The number of para-hydroxylation sites is 1. The van der Waals surface area contributed by atoms with Crippen molar-refractivity contribution in [2.45, 2.75) is 43.0 Å². The Morgan fingerprint density at radius 1 is 1.17 bits per heavy atom. The van der Waals surface area contributed by atoms with Gasteiger partial charge in [-0.05, 0) is 31.2 Å². The van der Waals surface area contributed by atoms with Gasteiger partial charge in [-0.2, -0.15) is 0 Å². The maximum Gasteiger partial charge on any atom is 0.430 e. The largest absolute Gasteiger partial charge is 0.430 e. The van der Waals surface area contributed by atoms with Gasteiger partial charge in [0.25, 0.3) is 4.38 Å². The predicted octanol–water partition coefficient (Wildman–Crippen LogP) is 4.74. The van der Waals surface area contributed by atoms with Crippen molar-refractivity contribution >= 4 is 51.3 Å². The summed E-state index contributed by atoms with van der Waals surface area (Å²) in [5, 5.41) is 1.08. The Morgan fingerprint density at radius 2 is 1.92 bits per heavy atom. The highest BCUT2D eigenvalue weighted by molar-refractivity contribution is 8.40. The van der Waals surface area contributed by atoms with E-state index in [2.05, 4.69) is 47.0 Å². The Balaban J connectivity index is 1.69. The highest BCUT2D eigenvalue weighted by Crippen LogP contribution is 2.50. The molecular formula is C18H21N2OS3+. The van der Waals surface area contributed by atoms with E-state index in [4.69, 9.17) is 0 Å². The molecule has 126 valence electrons. The van der Waals surface area contributed by atoms with Crippen LogP contribution >= 0.6 is 35.3 Å². The number of benzene rings is 1. The number of fused-ring (bicyclic) bond motifs is 1. The van der Waals surface area contributed by atoms with Gasteiger partial charge in [-0.1, -0.05) is 42.1 Å². The van der Waals surface area contributed by atoms with Gasteiger partial charge in [0.05, 0.1) is 5.69 Å². The van der Waals surface area contributed by atoms with Gasteiger partial charge in [0.1, 0.15) is 5.03 Å². The fourth-order valence-electron chi connectivity index (χ4n) is 3.60. The molecule has 0 spiro atoms. The zero-order valence-electron chi connectivity index (χ0n) is 13.9. The number of hydrogen-bond donors (Lipinski definition) is 0. The van der Waals surface area contributed by atoms with Crippen LogP contribution in [0.1, 0.15) is 32.1 Å². The van der Waals surface area contributed by atoms with E-state index in [-0.39, 0.29) is 5.91 Å². The Kier molecular flexibility index (Phi) is 4.71. The molecule has 2 heterocycles. The molecule has 4 rings (SSSR count). The quantitative estimate of drug-likeness (QED) is 0.520. The number of carbonyl (C=O) groups is 1. The SMILES string of the molecule is CSC1=[N+](C2CCCCC2)C(=O)/C(=C2\Sc3ccccc3N2C)S1. The number of thioether (sulfide) groups is 3. The molecule has 0 bridgehead atoms. The second-order valence-corrected chi connectivity index (χ2v) is 9.39. The number of rotatable bonds is 1. The van der Waals surface area contributed by atoms with Crippen molar-refractivity contribution in [1.29, 1.82) is 0 Å². The molecule has 1 amide bonds. The van der Waals surface area contributed by atoms with Crippen molar-refractivity contribution < 1.29 is 9.37 Å². The van der Waals surface area contributed by atoms with Gasteiger partial charge in [-0.15, -0.1) is 4.58 Å². The van der Waals surface area contributed by atoms with Crippen LogP contribution in [-0.2, 0) is 4.79 Å². The third-order valence-electron chi connectivity index (χ3n) is 4.85. The van der Waals surface area contributed by atoms with Crippen molar-refractivity contribution in [2.24, 2.45) is 0 Å². The summed E-state index contributed by atoms with van der Waals surface area (Å²) in [5.74, 6) is 0.207. The Bertz CT molecular complexity index is 750. The summed E-state index contributed by atoms with van der Waals surface area (Å²) in [5.41, 5.74) is 1.19. The number of anilines is 1. The average molecular weight is 378 g/mol. The molecule has 1 aromatic carbocycles. The summed E-state index contributed by atoms with van der Waals surface area (Å²) in [6, 6.07) is 8.76. The number of hydrogen-bond acceptors (Lipinski definition) is 5. The molecular weight excluding hydrogens is 356 g/mol. The summed E-state index contributed by atoms with van der Waals surface area (Å²) in [6.45, 7) is 0. The van der Waals surface area contributed by atoms with E-state index in [9.17, 15) is 4.79 Å². The van der Waals surface area contributed by atoms with Gasteiger partial charge in [0.2, 0.25) is 0 Å². The lowest BCUT2D eigenvalue weighted by Gasteiger charge is -2.17. The summed E-state index contributed by atoms with van der Waals surface area (Å²) in [4.78, 5) is 17.5. The number of nitrogens with zero attached hydrogens (tertiary/aromatic N) is 2. The molecule has 0 aromatic heterocycles. The van der Waals surface area contributed by atoms with Crippen LogP contribution in [0.2, 0.25) is 0 Å². The van der Waals surface area contributed by atoms with Crippen molar-refractivity contribution in [3.8, 4) is 0 Å². The predicted molar refractivity (Wildman–Crippen MR) is 106 cm³/mol. The molecule has 3 aliphatic rings. The molecule has 0 unspecified atom stereocenters. The van der Waals surface area contributed by atoms with Crippen molar-refractivity contribution in [2.75, 3.05) is 18.2 Å². The topological polar surface area (TPSA) is 23.3 Å². The first-order chi connectivity index (χ1) is 11.7. The lowest BCUT2D eigenvalue weighted by molar-refractivity contribution is -0.482. The third kappa shape index (κ3) is 2.72. The first kappa shape index (κ1) is 16.6. The normalized spacial score (nSPS) is 24.9. The van der Waals surface area contributed by atoms with Gasteiger partial charge < -0.3 is 4.90 Å². The van der Waals surface area contributed by atoms with Crippen LogP contribution in [-0.4, -0.2) is 34.2 Å². The van der Waals surface area contributed by atoms with Crippen LogP contribution in [0, 0.1) is 0 Å². The maximum absolute atomic E-state index is 13.2. The van der Waals surface area contributed by atoms with Gasteiger partial charge in [0.15, 0.2) is 10.9 Å². The van der Waals surface area contributed by atoms with Gasteiger partial charge in [-0.25, -0.2) is 4.79 Å². The average Bonchev–Trinajstić information content (AvgIpc) is 3.13. The highest BCUT2D eigenvalue weighted by Gasteiger charge is 2.46. The molecule has 24 heavy (non-hydrogen) atoms. The lowest BCUT2D eigenvalue weighted by Crippen LogP contribution is -2.33. The fourth-order valence-corrected chi connectivity index (χ4v) is 6.86. The second kappa shape index (κ2) is 6.81. The summed E-state index contributed by atoms with van der Waals surface area (Å²) in [7, 11) is 2.07. The van der Waals surface area contributed by atoms with Gasteiger partial charge >= 0.3 is 5.91 Å². The summed E-state index contributed by atoms with van der Waals surface area (Å²) in [6.07, 6.45) is 8.16. The molecule has 1 saturated carbocycles. The maximum atomic E-state index is 13.2. The van der Waals surface area contributed by atoms with Crippen LogP contribution in [0.5, 0.6) is 0 Å². The third-order valence-corrected chi connectivity index (χ3v) is 8.45. The van der Waals surface area contributed by atoms with E-state index in [1.165, 1.54) is 29.8 Å². The van der Waals surface area contributed by atoms with Crippen LogP contribution in [0.25, 0.3) is 0 Å². The van der Waals surface area contributed by atoms with E-state index >= 15 is 0 Å². The van der Waals surface area contributed by atoms with Crippen LogP contribution < -0.4 is 4.90 Å². The first-order valence-corrected chi connectivity index (χ1v) is 11.2. The minimum absolute atomic E-state index is 0.207. The molecule has 0 radical (unpaired) electrons. The van der Waals surface area contributed by atoms with Crippen LogP contribution in [0.4, 0.5) is 5.69 Å². The smallest absolute Gasteiger partial charge is 0.337 e. The second-order valence-electron chi connectivity index (χ2n) is 6.30. The van der Waals surface area contributed by atoms with E-state index in [1.54, 1.807) is 35.3 Å². The van der Waals surface area contributed by atoms with Crippen molar-refractivity contribution in [1.82, 2.24) is 0 Å². The monoisotopic (exact) mass is 377 g/mol. The summed E-state index contributed by atoms with van der Waals surface area (Å²) >= 11 is 5.09. The molecule has 2 aliphatic heterocycles. The number of amides is 1. The summed E-state index contributed by atoms with van der Waals surface area (Å²) < 4.78 is 3.24. The first-order valence-electron chi connectivity index (χ1n) is 8.38. The van der Waals surface area contributed by atoms with Crippen LogP contribution in [0.3, 0.4) is 0 Å². The zero-order chi connectivity index (χ0) is 16.7. The molecule has 1 aromatic rings. The van der Waals surface area contributed by atoms with Gasteiger partial charge in [0, 0.05) is 36.5 Å². The highest BCUT2D eigenvalue weighted by atomic mass is 32.2. The van der Waals surface area contributed by atoms with E-state index in [0.29, 0.717) is 6.04 Å². The van der Waals surface area contributed by atoms with E-state index in [0.717, 1.165) is 27.2 Å². The zero-order valence-corrected chi connectivity index (χ0v) is 16.4.